The van der Waals surface area contributed by atoms with Gasteiger partial charge in [0, 0.05) is 26.7 Å². The average molecular weight is 289 g/mol. The highest BCUT2D eigenvalue weighted by Gasteiger charge is 2.19. The van der Waals surface area contributed by atoms with Crippen molar-refractivity contribution >= 4 is 10.2 Å². The Balaban J connectivity index is 2.86. The molecule has 0 aliphatic rings. The van der Waals surface area contributed by atoms with Gasteiger partial charge in [-0.2, -0.15) is 12.7 Å². The summed E-state index contributed by atoms with van der Waals surface area (Å²) < 4.78 is 40.2. The Morgan fingerprint density at radius 2 is 1.89 bits per heavy atom. The van der Waals surface area contributed by atoms with E-state index in [1.807, 2.05) is 19.0 Å². The summed E-state index contributed by atoms with van der Waals surface area (Å²) in [6.07, 6.45) is 0. The zero-order valence-electron chi connectivity index (χ0n) is 11.6. The van der Waals surface area contributed by atoms with Crippen LogP contribution in [0.25, 0.3) is 0 Å². The molecule has 1 aromatic carbocycles. The highest BCUT2D eigenvalue weighted by molar-refractivity contribution is 7.87. The van der Waals surface area contributed by atoms with Gasteiger partial charge in [-0.1, -0.05) is 12.1 Å². The summed E-state index contributed by atoms with van der Waals surface area (Å²) in [7, 11) is 3.06. The van der Waals surface area contributed by atoms with Crippen LogP contribution in [0, 0.1) is 5.82 Å². The number of halogens is 1. The minimum atomic E-state index is -3.48. The minimum Gasteiger partial charge on any atom is -0.301 e. The van der Waals surface area contributed by atoms with Crippen LogP contribution in [0.1, 0.15) is 11.6 Å². The summed E-state index contributed by atoms with van der Waals surface area (Å²) in [5, 5.41) is 0. The van der Waals surface area contributed by atoms with E-state index in [0.29, 0.717) is 0 Å². The number of likely N-dealkylation sites (N-methyl/N-ethyl adjacent to an activating group) is 1. The topological polar surface area (TPSA) is 52.7 Å². The van der Waals surface area contributed by atoms with E-state index < -0.39 is 10.2 Å². The zero-order valence-corrected chi connectivity index (χ0v) is 12.4. The lowest BCUT2D eigenvalue weighted by Crippen LogP contribution is -2.40. The van der Waals surface area contributed by atoms with E-state index in [1.54, 1.807) is 12.1 Å². The Morgan fingerprint density at radius 3 is 2.37 bits per heavy atom. The number of nitrogens with one attached hydrogen (secondary N) is 1. The first-order valence-corrected chi connectivity index (χ1v) is 7.27. The first-order chi connectivity index (χ1) is 8.74. The highest BCUT2D eigenvalue weighted by atomic mass is 32.2. The predicted octanol–water partition coefficient (Wildman–Crippen LogP) is 0.824. The second-order valence-electron chi connectivity index (χ2n) is 4.67. The molecule has 0 spiro atoms. The van der Waals surface area contributed by atoms with Crippen molar-refractivity contribution in [3.05, 3.63) is 35.6 Å². The summed E-state index contributed by atoms with van der Waals surface area (Å²) in [5.41, 5.74) is 0.728. The summed E-state index contributed by atoms with van der Waals surface area (Å²) in [6, 6.07) is 5.93. The molecule has 0 heterocycles. The van der Waals surface area contributed by atoms with Crippen LogP contribution in [0.5, 0.6) is 0 Å². The van der Waals surface area contributed by atoms with Crippen molar-refractivity contribution < 1.29 is 12.8 Å². The largest absolute Gasteiger partial charge is 0.301 e. The molecule has 0 fully saturated rings. The number of benzene rings is 1. The fourth-order valence-corrected chi connectivity index (χ4v) is 2.25. The van der Waals surface area contributed by atoms with Crippen LogP contribution >= 0.6 is 0 Å². The maximum Gasteiger partial charge on any atom is 0.278 e. The third-order valence-electron chi connectivity index (χ3n) is 2.80. The van der Waals surface area contributed by atoms with Crippen molar-refractivity contribution in [2.24, 2.45) is 0 Å². The molecule has 0 aliphatic heterocycles. The van der Waals surface area contributed by atoms with Crippen LogP contribution in [0.3, 0.4) is 0 Å². The molecule has 0 aliphatic carbocycles. The highest BCUT2D eigenvalue weighted by Crippen LogP contribution is 2.18. The molecular weight excluding hydrogens is 269 g/mol. The smallest absolute Gasteiger partial charge is 0.278 e. The second kappa shape index (κ2) is 6.42. The molecule has 0 aromatic heterocycles. The Bertz CT molecular complexity index is 517. The molecule has 0 bridgehead atoms. The molecule has 19 heavy (non-hydrogen) atoms. The third-order valence-corrected chi connectivity index (χ3v) is 4.29. The molecule has 1 atom stereocenters. The van der Waals surface area contributed by atoms with Crippen LogP contribution in [0.4, 0.5) is 4.39 Å². The fourth-order valence-electron chi connectivity index (χ4n) is 1.63. The van der Waals surface area contributed by atoms with Gasteiger partial charge in [-0.15, -0.1) is 0 Å². The van der Waals surface area contributed by atoms with Crippen molar-refractivity contribution in [1.29, 1.82) is 0 Å². The van der Waals surface area contributed by atoms with Gasteiger partial charge in [0.1, 0.15) is 5.82 Å². The summed E-state index contributed by atoms with van der Waals surface area (Å²) in [5.74, 6) is -0.334. The van der Waals surface area contributed by atoms with Crippen LogP contribution < -0.4 is 4.72 Å². The van der Waals surface area contributed by atoms with Crippen LogP contribution in [-0.4, -0.2) is 52.4 Å². The van der Waals surface area contributed by atoms with Gasteiger partial charge in [-0.05, 0) is 31.8 Å². The van der Waals surface area contributed by atoms with Gasteiger partial charge >= 0.3 is 0 Å². The van der Waals surface area contributed by atoms with Gasteiger partial charge < -0.3 is 4.90 Å². The number of rotatable bonds is 6. The molecule has 108 valence electrons. The van der Waals surface area contributed by atoms with Gasteiger partial charge in [0.2, 0.25) is 0 Å². The Hall–Kier alpha value is -1.02. The maximum atomic E-state index is 13.2. The fraction of sp³-hybridized carbons (Fsp3) is 0.500. The summed E-state index contributed by atoms with van der Waals surface area (Å²) >= 11 is 0. The predicted molar refractivity (Wildman–Crippen MR) is 73.4 cm³/mol. The van der Waals surface area contributed by atoms with E-state index in [4.69, 9.17) is 0 Å². The number of hydrogen-bond donors (Lipinski definition) is 1. The second-order valence-corrected chi connectivity index (χ2v) is 6.64. The monoisotopic (exact) mass is 289 g/mol. The molecule has 5 nitrogen and oxygen atoms in total. The first kappa shape index (κ1) is 16.0. The Morgan fingerprint density at radius 1 is 1.26 bits per heavy atom. The molecule has 0 saturated carbocycles. The summed E-state index contributed by atoms with van der Waals surface area (Å²) in [6.45, 7) is 0.178. The van der Waals surface area contributed by atoms with E-state index in [-0.39, 0.29) is 18.4 Å². The molecule has 1 aromatic rings. The number of nitrogens with zero attached hydrogens (tertiary/aromatic N) is 2. The van der Waals surface area contributed by atoms with E-state index in [1.165, 1.54) is 26.2 Å². The molecule has 7 heteroatoms. The first-order valence-electron chi connectivity index (χ1n) is 5.83. The number of hydrogen-bond acceptors (Lipinski definition) is 3. The zero-order chi connectivity index (χ0) is 14.6. The van der Waals surface area contributed by atoms with Crippen molar-refractivity contribution in [1.82, 2.24) is 13.9 Å². The van der Waals surface area contributed by atoms with Gasteiger partial charge in [-0.3, -0.25) is 0 Å². The van der Waals surface area contributed by atoms with E-state index >= 15 is 0 Å². The van der Waals surface area contributed by atoms with Gasteiger partial charge in [-0.25, -0.2) is 9.11 Å². The van der Waals surface area contributed by atoms with Crippen molar-refractivity contribution in [3.63, 3.8) is 0 Å². The molecule has 1 N–H and O–H groups in total. The maximum absolute atomic E-state index is 13.2. The molecule has 1 unspecified atom stereocenters. The lowest BCUT2D eigenvalue weighted by Gasteiger charge is -2.25. The SMILES string of the molecule is CN(C)C(CNS(=O)(=O)N(C)C)c1cccc(F)c1. The van der Waals surface area contributed by atoms with Crippen molar-refractivity contribution in [3.8, 4) is 0 Å². The Labute approximate surface area is 114 Å². The van der Waals surface area contributed by atoms with E-state index in [2.05, 4.69) is 4.72 Å². The minimum absolute atomic E-state index is 0.178. The molecule has 0 amide bonds. The van der Waals surface area contributed by atoms with E-state index in [9.17, 15) is 12.8 Å². The van der Waals surface area contributed by atoms with Gasteiger partial charge in [0.15, 0.2) is 0 Å². The lowest BCUT2D eigenvalue weighted by molar-refractivity contribution is 0.297. The van der Waals surface area contributed by atoms with Crippen LogP contribution in [-0.2, 0) is 10.2 Å². The van der Waals surface area contributed by atoms with E-state index in [0.717, 1.165) is 9.87 Å². The third kappa shape index (κ3) is 4.54. The molecule has 1 rings (SSSR count). The molecular formula is C12H20FN3O2S. The van der Waals surface area contributed by atoms with Crippen LogP contribution in [0.15, 0.2) is 24.3 Å². The van der Waals surface area contributed by atoms with Crippen LogP contribution in [0.2, 0.25) is 0 Å². The Kier molecular flexibility index (Phi) is 5.42. The lowest BCUT2D eigenvalue weighted by atomic mass is 10.1. The molecule has 0 saturated heterocycles. The summed E-state index contributed by atoms with van der Waals surface area (Å²) in [4.78, 5) is 1.84. The molecule has 0 radical (unpaired) electrons. The normalized spacial score (nSPS) is 14.1. The van der Waals surface area contributed by atoms with Crippen molar-refractivity contribution in [2.75, 3.05) is 34.7 Å². The quantitative estimate of drug-likeness (QED) is 0.844. The standard InChI is InChI=1S/C12H20FN3O2S/c1-15(2)12(9-14-19(17,18)16(3)4)10-6-5-7-11(13)8-10/h5-8,12,14H,9H2,1-4H3. The van der Waals surface area contributed by atoms with Gasteiger partial charge in [0.05, 0.1) is 0 Å². The van der Waals surface area contributed by atoms with Gasteiger partial charge in [0.25, 0.3) is 10.2 Å². The average Bonchev–Trinajstić information content (AvgIpc) is 2.28. The van der Waals surface area contributed by atoms with Crippen molar-refractivity contribution in [2.45, 2.75) is 6.04 Å².